The average Bonchev–Trinajstić information content (AvgIpc) is 2.76. The largest absolute Gasteiger partial charge is 0.459 e. The minimum absolute atomic E-state index is 0.0743. The molecule has 2 aromatic carbocycles. The molecule has 1 fully saturated rings. The normalized spacial score (nSPS) is 23.3. The summed E-state index contributed by atoms with van der Waals surface area (Å²) >= 11 is 0. The Morgan fingerprint density at radius 1 is 1.03 bits per heavy atom. The third-order valence-corrected chi connectivity index (χ3v) is 5.65. The van der Waals surface area contributed by atoms with Crippen LogP contribution in [-0.2, 0) is 9.53 Å². The minimum atomic E-state index is -0.751. The first-order valence-electron chi connectivity index (χ1n) is 11.0. The fraction of sp³-hybridized carbons (Fsp3) is 0.458. The number of rotatable bonds is 7. The van der Waals surface area contributed by atoms with Crippen LogP contribution >= 0.6 is 0 Å². The van der Waals surface area contributed by atoms with Crippen LogP contribution in [0.4, 0.5) is 17.1 Å². The molecule has 2 N–H and O–H groups in total. The maximum absolute atomic E-state index is 13.2. The molecule has 2 heterocycles. The molecule has 2 aliphatic heterocycles. The van der Waals surface area contributed by atoms with Crippen molar-refractivity contribution in [2.75, 3.05) is 48.3 Å². The van der Waals surface area contributed by atoms with Crippen LogP contribution in [0.2, 0.25) is 0 Å². The summed E-state index contributed by atoms with van der Waals surface area (Å²) in [6.07, 6.45) is 0.542. The molecule has 166 valence electrons. The lowest BCUT2D eigenvalue weighted by molar-refractivity contribution is -0.125. The second-order valence-corrected chi connectivity index (χ2v) is 8.27. The van der Waals surface area contributed by atoms with Crippen LogP contribution in [0.15, 0.2) is 48.5 Å². The van der Waals surface area contributed by atoms with Gasteiger partial charge in [-0.15, -0.1) is 0 Å². The highest BCUT2D eigenvalue weighted by molar-refractivity contribution is 6.01. The Labute approximate surface area is 184 Å². The molecule has 0 saturated carbocycles. The summed E-state index contributed by atoms with van der Waals surface area (Å²) in [7, 11) is 1.92. The Hall–Kier alpha value is -2.77. The third-order valence-electron chi connectivity index (χ3n) is 5.65. The van der Waals surface area contributed by atoms with Crippen molar-refractivity contribution < 1.29 is 14.3 Å². The van der Waals surface area contributed by atoms with Crippen LogP contribution < -0.4 is 25.2 Å². The molecule has 1 amide bonds. The van der Waals surface area contributed by atoms with Gasteiger partial charge in [0.2, 0.25) is 6.23 Å². The number of nitrogens with zero attached hydrogens (tertiary/aromatic N) is 2. The highest BCUT2D eigenvalue weighted by Gasteiger charge is 2.34. The number of para-hydroxylation sites is 2. The molecule has 3 unspecified atom stereocenters. The number of hydrogen-bond donors (Lipinski definition) is 2. The molecule has 1 saturated heterocycles. The van der Waals surface area contributed by atoms with Crippen molar-refractivity contribution in [1.29, 1.82) is 0 Å². The van der Waals surface area contributed by atoms with E-state index in [4.69, 9.17) is 9.47 Å². The summed E-state index contributed by atoms with van der Waals surface area (Å²) in [5.74, 6) is 0.645. The number of morpholine rings is 1. The topological polar surface area (TPSA) is 66.1 Å². The number of fused-ring (bicyclic) bond motifs is 1. The molecule has 0 aromatic heterocycles. The van der Waals surface area contributed by atoms with Crippen molar-refractivity contribution in [3.8, 4) is 5.75 Å². The average molecular weight is 425 g/mol. The number of hydrogen-bond acceptors (Lipinski definition) is 6. The van der Waals surface area contributed by atoms with Gasteiger partial charge in [0.05, 0.1) is 17.9 Å². The van der Waals surface area contributed by atoms with Gasteiger partial charge < -0.3 is 29.9 Å². The van der Waals surface area contributed by atoms with Crippen molar-refractivity contribution in [3.05, 3.63) is 48.5 Å². The highest BCUT2D eigenvalue weighted by atomic mass is 16.5. The van der Waals surface area contributed by atoms with Crippen LogP contribution in [-0.4, -0.2) is 57.6 Å². The van der Waals surface area contributed by atoms with E-state index < -0.39 is 6.23 Å². The zero-order valence-corrected chi connectivity index (χ0v) is 18.5. The Morgan fingerprint density at radius 3 is 2.45 bits per heavy atom. The van der Waals surface area contributed by atoms with Gasteiger partial charge in [0.1, 0.15) is 5.75 Å². The van der Waals surface area contributed by atoms with Crippen molar-refractivity contribution in [1.82, 2.24) is 5.32 Å². The van der Waals surface area contributed by atoms with Crippen LogP contribution in [0, 0.1) is 0 Å². The second kappa shape index (κ2) is 9.58. The van der Waals surface area contributed by atoms with Gasteiger partial charge in [-0.1, -0.05) is 12.1 Å². The van der Waals surface area contributed by atoms with E-state index in [2.05, 4.69) is 41.5 Å². The van der Waals surface area contributed by atoms with Gasteiger partial charge in [-0.2, -0.15) is 0 Å². The predicted octanol–water partition coefficient (Wildman–Crippen LogP) is 3.07. The smallest absolute Gasteiger partial charge is 0.289 e. The van der Waals surface area contributed by atoms with E-state index in [0.717, 1.165) is 48.9 Å². The first kappa shape index (κ1) is 21.5. The summed E-state index contributed by atoms with van der Waals surface area (Å²) in [4.78, 5) is 17.3. The first-order valence-corrected chi connectivity index (χ1v) is 11.0. The van der Waals surface area contributed by atoms with E-state index in [1.54, 1.807) is 0 Å². The van der Waals surface area contributed by atoms with E-state index in [1.165, 1.54) is 0 Å². The fourth-order valence-electron chi connectivity index (χ4n) is 4.26. The van der Waals surface area contributed by atoms with Crippen molar-refractivity contribution in [2.24, 2.45) is 0 Å². The second-order valence-electron chi connectivity index (χ2n) is 8.27. The standard InChI is InChI=1S/C24H32N4O3/c1-17-15-27(16-18(2)30-17)20-11-9-19(10-12-20)26-23-24(29)28(14-6-13-25-3)21-7-4-5-8-22(21)31-23/h4-5,7-12,17-18,23,25-26H,6,13-16H2,1-3H3. The maximum Gasteiger partial charge on any atom is 0.289 e. The molecule has 31 heavy (non-hydrogen) atoms. The molecule has 7 nitrogen and oxygen atoms in total. The SMILES string of the molecule is CNCCCN1C(=O)C(Nc2ccc(N3CC(C)OC(C)C3)cc2)Oc2ccccc21. The molecule has 0 spiro atoms. The summed E-state index contributed by atoms with van der Waals surface area (Å²) < 4.78 is 11.8. The van der Waals surface area contributed by atoms with E-state index in [0.29, 0.717) is 6.54 Å². The van der Waals surface area contributed by atoms with E-state index >= 15 is 0 Å². The molecule has 3 atom stereocenters. The Morgan fingerprint density at radius 2 is 1.74 bits per heavy atom. The number of nitrogens with one attached hydrogen (secondary N) is 2. The van der Waals surface area contributed by atoms with Crippen molar-refractivity contribution in [2.45, 2.75) is 38.7 Å². The molecule has 2 aliphatic rings. The van der Waals surface area contributed by atoms with Gasteiger partial charge in [0, 0.05) is 31.0 Å². The molecular formula is C24H32N4O3. The summed E-state index contributed by atoms with van der Waals surface area (Å²) in [5, 5.41) is 6.41. The Bertz CT molecular complexity index is 879. The van der Waals surface area contributed by atoms with E-state index in [1.807, 2.05) is 48.3 Å². The summed E-state index contributed by atoms with van der Waals surface area (Å²) in [5.41, 5.74) is 2.83. The van der Waals surface area contributed by atoms with Crippen molar-refractivity contribution in [3.63, 3.8) is 0 Å². The number of benzene rings is 2. The fourth-order valence-corrected chi connectivity index (χ4v) is 4.26. The van der Waals surface area contributed by atoms with Gasteiger partial charge in [-0.3, -0.25) is 4.79 Å². The van der Waals surface area contributed by atoms with Gasteiger partial charge in [0.15, 0.2) is 0 Å². The number of anilines is 3. The number of ether oxygens (including phenoxy) is 2. The quantitative estimate of drug-likeness (QED) is 0.666. The number of carbonyl (C=O) groups excluding carboxylic acids is 1. The predicted molar refractivity (Wildman–Crippen MR) is 124 cm³/mol. The van der Waals surface area contributed by atoms with Crippen LogP contribution in [0.3, 0.4) is 0 Å². The molecule has 2 aromatic rings. The minimum Gasteiger partial charge on any atom is -0.459 e. The third kappa shape index (κ3) is 4.94. The van der Waals surface area contributed by atoms with Crippen LogP contribution in [0.5, 0.6) is 5.75 Å². The molecule has 0 radical (unpaired) electrons. The Balaban J connectivity index is 1.46. The van der Waals surface area contributed by atoms with Gasteiger partial charge in [-0.25, -0.2) is 0 Å². The number of amides is 1. The number of carbonyl (C=O) groups is 1. The van der Waals surface area contributed by atoms with E-state index in [9.17, 15) is 4.79 Å². The Kier molecular flexibility index (Phi) is 6.63. The molecule has 0 aliphatic carbocycles. The summed E-state index contributed by atoms with van der Waals surface area (Å²) in [6.45, 7) is 7.45. The van der Waals surface area contributed by atoms with Gasteiger partial charge in [-0.05, 0) is 70.3 Å². The zero-order valence-electron chi connectivity index (χ0n) is 18.5. The van der Waals surface area contributed by atoms with Crippen LogP contribution in [0.25, 0.3) is 0 Å². The lowest BCUT2D eigenvalue weighted by Crippen LogP contribution is -2.50. The van der Waals surface area contributed by atoms with Gasteiger partial charge >= 0.3 is 0 Å². The maximum atomic E-state index is 13.2. The molecule has 7 heteroatoms. The highest BCUT2D eigenvalue weighted by Crippen LogP contribution is 2.34. The lowest BCUT2D eigenvalue weighted by Gasteiger charge is -2.37. The molecule has 0 bridgehead atoms. The van der Waals surface area contributed by atoms with Crippen molar-refractivity contribution >= 4 is 23.0 Å². The van der Waals surface area contributed by atoms with Gasteiger partial charge in [0.25, 0.3) is 5.91 Å². The van der Waals surface area contributed by atoms with Crippen LogP contribution in [0.1, 0.15) is 20.3 Å². The first-order chi connectivity index (χ1) is 15.0. The van der Waals surface area contributed by atoms with E-state index in [-0.39, 0.29) is 18.1 Å². The monoisotopic (exact) mass is 424 g/mol. The molecular weight excluding hydrogens is 392 g/mol. The lowest BCUT2D eigenvalue weighted by atomic mass is 10.1. The summed E-state index contributed by atoms with van der Waals surface area (Å²) in [6, 6.07) is 15.9. The zero-order chi connectivity index (χ0) is 21.8. The molecule has 4 rings (SSSR count).